The molecule has 6 heteroatoms. The van der Waals surface area contributed by atoms with E-state index in [0.717, 1.165) is 0 Å². The Bertz CT molecular complexity index is 445. The average molecular weight is 226 g/mol. The number of benzene rings is 1. The molecule has 0 aliphatic carbocycles. The maximum absolute atomic E-state index is 11.4. The molecule has 1 unspecified atom stereocenters. The predicted molar refractivity (Wildman–Crippen MR) is 49.8 cm³/mol. The molecule has 1 aromatic rings. The van der Waals surface area contributed by atoms with E-state index in [0.29, 0.717) is 5.56 Å². The van der Waals surface area contributed by atoms with Crippen LogP contribution in [0, 0.1) is 0 Å². The Kier molecular flexibility index (Phi) is 4.23. The molecule has 0 spiro atoms. The van der Waals surface area contributed by atoms with E-state index in [1.54, 1.807) is 30.3 Å². The van der Waals surface area contributed by atoms with Gasteiger partial charge in [0.1, 0.15) is 5.92 Å². The number of aliphatic imine (C=N–C) groups is 1. The van der Waals surface area contributed by atoms with Gasteiger partial charge in [-0.3, -0.25) is 9.59 Å². The Hall–Kier alpha value is -1.17. The van der Waals surface area contributed by atoms with Gasteiger partial charge in [-0.15, -0.1) is 0 Å². The molecular weight excluding hydrogens is 219 g/mol. The van der Waals surface area contributed by atoms with Crippen molar-refractivity contribution >= 4 is 17.8 Å². The van der Waals surface area contributed by atoms with Crippen LogP contribution in [0.15, 0.2) is 35.3 Å². The fourth-order valence-electron chi connectivity index (χ4n) is 1.42. The van der Waals surface area contributed by atoms with Crippen LogP contribution in [-0.4, -0.2) is 17.8 Å². The van der Waals surface area contributed by atoms with E-state index in [9.17, 15) is 14.7 Å². The molecule has 1 aliphatic rings. The van der Waals surface area contributed by atoms with Gasteiger partial charge in [-0.25, -0.2) is 4.99 Å². The number of carbonyl (C=O) groups is 2. The Morgan fingerprint density at radius 2 is 1.81 bits per heavy atom. The zero-order valence-corrected chi connectivity index (χ0v) is 10.6. The van der Waals surface area contributed by atoms with Crippen LogP contribution in [0.3, 0.4) is 0 Å². The first kappa shape index (κ1) is 12.9. The van der Waals surface area contributed by atoms with Crippen molar-refractivity contribution in [3.8, 4) is 0 Å². The van der Waals surface area contributed by atoms with Gasteiger partial charge in [-0.2, -0.15) is 0 Å². The number of rotatable bonds is 1. The molecule has 1 atom stereocenters. The van der Waals surface area contributed by atoms with E-state index in [1.165, 1.54) is 0 Å². The zero-order chi connectivity index (χ0) is 10.8. The number of nitrogens with one attached hydrogen (secondary N) is 1. The van der Waals surface area contributed by atoms with Crippen molar-refractivity contribution in [2.45, 2.75) is 5.92 Å². The monoisotopic (exact) mass is 226 g/mol. The largest absolute Gasteiger partial charge is 1.00 e. The van der Waals surface area contributed by atoms with Gasteiger partial charge in [-0.05, 0) is 5.56 Å². The molecule has 0 aromatic heterocycles. The normalized spacial score (nSPS) is 19.5. The van der Waals surface area contributed by atoms with Crippen LogP contribution in [0.1, 0.15) is 11.5 Å². The van der Waals surface area contributed by atoms with Crippen molar-refractivity contribution < 1.29 is 44.3 Å². The minimum atomic E-state index is -0.996. The minimum Gasteiger partial charge on any atom is -0.846 e. The van der Waals surface area contributed by atoms with E-state index in [2.05, 4.69) is 4.99 Å². The van der Waals surface area contributed by atoms with E-state index >= 15 is 0 Å². The summed E-state index contributed by atoms with van der Waals surface area (Å²) < 4.78 is 0. The van der Waals surface area contributed by atoms with E-state index in [4.69, 9.17) is 0 Å². The summed E-state index contributed by atoms with van der Waals surface area (Å²) in [4.78, 5) is 26.0. The van der Waals surface area contributed by atoms with E-state index < -0.39 is 23.8 Å². The van der Waals surface area contributed by atoms with Crippen LogP contribution in [-0.2, 0) is 9.59 Å². The van der Waals surface area contributed by atoms with Gasteiger partial charge in [0.2, 0.25) is 5.91 Å². The van der Waals surface area contributed by atoms with E-state index in [-0.39, 0.29) is 29.6 Å². The fourth-order valence-corrected chi connectivity index (χ4v) is 1.42. The van der Waals surface area contributed by atoms with Crippen LogP contribution in [0.2, 0.25) is 0 Å². The van der Waals surface area contributed by atoms with Gasteiger partial charge in [-0.1, -0.05) is 30.3 Å². The van der Waals surface area contributed by atoms with Crippen molar-refractivity contribution in [2.24, 2.45) is 4.99 Å². The molecule has 1 aliphatic heterocycles. The standard InChI is InChI=1S/C10H8N2O3.Na/c13-8-7(6-4-2-1-3-5-6)9(14)12-10(15)11-8;/h1-5,7H,(H2,11,12,13,14,15);/q;+1/p-1. The third-order valence-corrected chi connectivity index (χ3v) is 2.08. The van der Waals surface area contributed by atoms with Crippen LogP contribution < -0.4 is 40.0 Å². The maximum Gasteiger partial charge on any atom is 1.00 e. The van der Waals surface area contributed by atoms with Gasteiger partial charge >= 0.3 is 29.6 Å². The first-order valence-corrected chi connectivity index (χ1v) is 4.34. The zero-order valence-electron chi connectivity index (χ0n) is 8.64. The summed E-state index contributed by atoms with van der Waals surface area (Å²) in [6, 6.07) is 7.61. The molecule has 16 heavy (non-hydrogen) atoms. The molecule has 2 rings (SSSR count). The SMILES string of the molecule is O=C1N=C([O-])NC(=O)C1c1ccccc1.[Na+]. The van der Waals surface area contributed by atoms with Crippen molar-refractivity contribution in [3.63, 3.8) is 0 Å². The maximum atomic E-state index is 11.4. The minimum absolute atomic E-state index is 0. The second-order valence-electron chi connectivity index (χ2n) is 3.09. The molecule has 1 aromatic carbocycles. The van der Waals surface area contributed by atoms with Crippen molar-refractivity contribution in [3.05, 3.63) is 35.9 Å². The average Bonchev–Trinajstić information content (AvgIpc) is 2.17. The summed E-state index contributed by atoms with van der Waals surface area (Å²) >= 11 is 0. The summed E-state index contributed by atoms with van der Waals surface area (Å²) in [6.07, 6.45) is 0. The summed E-state index contributed by atoms with van der Waals surface area (Å²) in [5.41, 5.74) is 0.538. The summed E-state index contributed by atoms with van der Waals surface area (Å²) in [5.74, 6) is -2.33. The number of hydrogen-bond acceptors (Lipinski definition) is 3. The molecule has 1 heterocycles. The van der Waals surface area contributed by atoms with Crippen molar-refractivity contribution in [2.75, 3.05) is 0 Å². The Morgan fingerprint density at radius 3 is 2.38 bits per heavy atom. The molecule has 0 bridgehead atoms. The molecule has 76 valence electrons. The number of carbonyl (C=O) groups excluding carboxylic acids is 2. The number of amides is 2. The van der Waals surface area contributed by atoms with Gasteiger partial charge < -0.3 is 10.4 Å². The predicted octanol–water partition coefficient (Wildman–Crippen LogP) is -3.85. The summed E-state index contributed by atoms with van der Waals surface area (Å²) in [7, 11) is 0. The quantitative estimate of drug-likeness (QED) is 0.393. The molecule has 2 amide bonds. The fraction of sp³-hybridized carbons (Fsp3) is 0.100. The van der Waals surface area contributed by atoms with Crippen LogP contribution in [0.4, 0.5) is 0 Å². The van der Waals surface area contributed by atoms with Gasteiger partial charge in [0.25, 0.3) is 5.91 Å². The summed E-state index contributed by atoms with van der Waals surface area (Å²) in [5, 5.41) is 12.7. The second kappa shape index (κ2) is 5.25. The number of hydrogen-bond donors (Lipinski definition) is 1. The number of amidine groups is 1. The molecular formula is C10H7N2NaO3. The van der Waals surface area contributed by atoms with Gasteiger partial charge in [0.15, 0.2) is 0 Å². The smallest absolute Gasteiger partial charge is 0.846 e. The molecule has 5 nitrogen and oxygen atoms in total. The third kappa shape index (κ3) is 2.49. The second-order valence-corrected chi connectivity index (χ2v) is 3.09. The van der Waals surface area contributed by atoms with Gasteiger partial charge in [0.05, 0.1) is 6.02 Å². The van der Waals surface area contributed by atoms with Crippen LogP contribution in [0.5, 0.6) is 0 Å². The number of nitrogens with zero attached hydrogens (tertiary/aromatic N) is 1. The third-order valence-electron chi connectivity index (χ3n) is 2.08. The molecule has 0 saturated heterocycles. The van der Waals surface area contributed by atoms with Crippen LogP contribution in [0.25, 0.3) is 0 Å². The molecule has 0 saturated carbocycles. The van der Waals surface area contributed by atoms with Crippen molar-refractivity contribution in [1.29, 1.82) is 0 Å². The van der Waals surface area contributed by atoms with Crippen molar-refractivity contribution in [1.82, 2.24) is 5.32 Å². The topological polar surface area (TPSA) is 81.6 Å². The van der Waals surface area contributed by atoms with Crippen LogP contribution >= 0.6 is 0 Å². The first-order chi connectivity index (χ1) is 7.18. The van der Waals surface area contributed by atoms with Gasteiger partial charge in [0, 0.05) is 0 Å². The Labute approximate surface area is 114 Å². The van der Waals surface area contributed by atoms with E-state index in [1.807, 2.05) is 5.32 Å². The molecule has 1 N–H and O–H groups in total. The Morgan fingerprint density at radius 1 is 1.19 bits per heavy atom. The Balaban J connectivity index is 0.00000128. The molecule has 0 fully saturated rings. The summed E-state index contributed by atoms with van der Waals surface area (Å²) in [6.45, 7) is 0. The first-order valence-electron chi connectivity index (χ1n) is 4.34. The molecule has 0 radical (unpaired) electrons.